The molecule has 0 aliphatic carbocycles. The number of carbonyl (C=O) groups excluding carboxylic acids is 3. The highest BCUT2D eigenvalue weighted by atomic mass is 32.2. The molecule has 2 aliphatic rings. The molecule has 2 amide bonds. The number of esters is 1. The minimum absolute atomic E-state index is 0.124. The van der Waals surface area contributed by atoms with E-state index >= 15 is 0 Å². The van der Waals surface area contributed by atoms with Crippen molar-refractivity contribution in [2.45, 2.75) is 22.6 Å². The quantitative estimate of drug-likeness (QED) is 0.542. The number of carbonyl (C=O) groups is 3. The summed E-state index contributed by atoms with van der Waals surface area (Å²) in [7, 11) is 0. The van der Waals surface area contributed by atoms with Gasteiger partial charge in [-0.1, -0.05) is 54.2 Å². The summed E-state index contributed by atoms with van der Waals surface area (Å²) in [5, 5.41) is 2.73. The van der Waals surface area contributed by atoms with Crippen LogP contribution in [-0.4, -0.2) is 29.3 Å². The molecule has 5 rings (SSSR count). The van der Waals surface area contributed by atoms with E-state index in [-0.39, 0.29) is 12.3 Å². The second-order valence-corrected chi connectivity index (χ2v) is 8.94. The number of hydrogen-bond acceptors (Lipinski definition) is 6. The molecule has 0 spiro atoms. The van der Waals surface area contributed by atoms with Gasteiger partial charge in [0.25, 0.3) is 5.91 Å². The molecule has 0 radical (unpaired) electrons. The second kappa shape index (κ2) is 8.63. The molecule has 1 saturated heterocycles. The van der Waals surface area contributed by atoms with Crippen LogP contribution >= 0.6 is 11.8 Å². The largest absolute Gasteiger partial charge is 0.455 e. The smallest absolute Gasteiger partial charge is 0.344 e. The fourth-order valence-corrected chi connectivity index (χ4v) is 5.39. The number of fused-ring (bicyclic) bond motifs is 3. The Kier molecular flexibility index (Phi) is 5.51. The predicted octanol–water partition coefficient (Wildman–Crippen LogP) is 4.59. The molecule has 7 nitrogen and oxygen atoms in total. The zero-order valence-corrected chi connectivity index (χ0v) is 18.3. The van der Waals surface area contributed by atoms with Crippen molar-refractivity contribution in [2.24, 2.45) is 0 Å². The van der Waals surface area contributed by atoms with Gasteiger partial charge in [-0.3, -0.25) is 14.5 Å². The highest BCUT2D eigenvalue weighted by Gasteiger charge is 2.58. The third kappa shape index (κ3) is 3.93. The molecule has 8 heteroatoms. The van der Waals surface area contributed by atoms with Crippen molar-refractivity contribution in [1.29, 1.82) is 0 Å². The van der Waals surface area contributed by atoms with Gasteiger partial charge >= 0.3 is 5.97 Å². The molecule has 1 atom stereocenters. The van der Waals surface area contributed by atoms with Crippen LogP contribution in [0.1, 0.15) is 12.8 Å². The van der Waals surface area contributed by atoms with Crippen molar-refractivity contribution in [1.82, 2.24) is 0 Å². The molecule has 2 heterocycles. The third-order valence-corrected chi connectivity index (χ3v) is 6.91. The number of hydrogen-bond donors (Lipinski definition) is 1. The van der Waals surface area contributed by atoms with Crippen molar-refractivity contribution in [3.8, 4) is 11.5 Å². The Balaban J connectivity index is 1.25. The molecule has 3 aromatic carbocycles. The van der Waals surface area contributed by atoms with Gasteiger partial charge in [0, 0.05) is 17.7 Å². The van der Waals surface area contributed by atoms with Gasteiger partial charge in [-0.25, -0.2) is 4.79 Å². The highest BCUT2D eigenvalue weighted by Crippen LogP contribution is 2.56. The maximum atomic E-state index is 13.1. The lowest BCUT2D eigenvalue weighted by Gasteiger charge is -2.28. The molecule has 1 fully saturated rings. The fourth-order valence-electron chi connectivity index (χ4n) is 3.98. The first-order chi connectivity index (χ1) is 16.1. The number of nitrogens with one attached hydrogen (secondary N) is 1. The van der Waals surface area contributed by atoms with Gasteiger partial charge in [-0.15, -0.1) is 0 Å². The van der Waals surface area contributed by atoms with Gasteiger partial charge in [0.1, 0.15) is 5.75 Å². The highest BCUT2D eigenvalue weighted by molar-refractivity contribution is 8.02. The summed E-state index contributed by atoms with van der Waals surface area (Å²) in [4.78, 5) is 39.4. The molecular formula is C25H20N2O5S. The van der Waals surface area contributed by atoms with E-state index in [1.165, 1.54) is 16.7 Å². The van der Waals surface area contributed by atoms with Crippen LogP contribution in [0.2, 0.25) is 0 Å². The minimum atomic E-state index is -1.16. The van der Waals surface area contributed by atoms with Gasteiger partial charge in [0.15, 0.2) is 17.2 Å². The number of nitrogens with zero attached hydrogens (tertiary/aromatic N) is 1. The van der Waals surface area contributed by atoms with Crippen molar-refractivity contribution < 1.29 is 23.9 Å². The first-order valence-electron chi connectivity index (χ1n) is 10.5. The standard InChI is InChI=1S/C25H20N2O5S/c28-22(26-18-10-4-6-12-20(18)32-17-8-2-1-3-9-17)16-31-24(30)25-15-14-23(29)27(25)19-11-5-7-13-21(19)33-25/h1-13H,14-16H2,(H,26,28)/t25-/m0/s1. The number of amides is 2. The van der Waals surface area contributed by atoms with Crippen LogP contribution in [-0.2, 0) is 19.1 Å². The molecular weight excluding hydrogens is 440 g/mol. The Morgan fingerprint density at radius 1 is 0.970 bits per heavy atom. The monoisotopic (exact) mass is 460 g/mol. The maximum absolute atomic E-state index is 13.1. The van der Waals surface area contributed by atoms with E-state index in [2.05, 4.69) is 5.32 Å². The van der Waals surface area contributed by atoms with E-state index in [1.54, 1.807) is 24.3 Å². The van der Waals surface area contributed by atoms with Crippen LogP contribution in [0.3, 0.4) is 0 Å². The van der Waals surface area contributed by atoms with Crippen molar-refractivity contribution >= 4 is 40.9 Å². The predicted molar refractivity (Wildman–Crippen MR) is 124 cm³/mol. The van der Waals surface area contributed by atoms with Gasteiger partial charge in [0.05, 0.1) is 11.4 Å². The van der Waals surface area contributed by atoms with Crippen LogP contribution in [0.5, 0.6) is 11.5 Å². The average molecular weight is 461 g/mol. The Morgan fingerprint density at radius 3 is 2.55 bits per heavy atom. The van der Waals surface area contributed by atoms with E-state index in [4.69, 9.17) is 9.47 Å². The third-order valence-electron chi connectivity index (χ3n) is 5.46. The maximum Gasteiger partial charge on any atom is 0.344 e. The Bertz CT molecular complexity index is 1230. The van der Waals surface area contributed by atoms with E-state index in [1.807, 2.05) is 54.6 Å². The summed E-state index contributed by atoms with van der Waals surface area (Å²) < 4.78 is 11.2. The molecule has 0 saturated carbocycles. The number of ether oxygens (including phenoxy) is 2. The summed E-state index contributed by atoms with van der Waals surface area (Å²) >= 11 is 1.30. The zero-order valence-electron chi connectivity index (χ0n) is 17.5. The van der Waals surface area contributed by atoms with Gasteiger partial charge in [0.2, 0.25) is 5.91 Å². The van der Waals surface area contributed by atoms with Crippen LogP contribution in [0.4, 0.5) is 11.4 Å². The molecule has 3 aromatic rings. The molecule has 33 heavy (non-hydrogen) atoms. The lowest BCUT2D eigenvalue weighted by atomic mass is 10.2. The molecule has 2 aliphatic heterocycles. The topological polar surface area (TPSA) is 84.9 Å². The van der Waals surface area contributed by atoms with Crippen molar-refractivity contribution in [3.63, 3.8) is 0 Å². The van der Waals surface area contributed by atoms with Crippen molar-refractivity contribution in [3.05, 3.63) is 78.9 Å². The summed E-state index contributed by atoms with van der Waals surface area (Å²) in [5.41, 5.74) is 1.17. The number of benzene rings is 3. The molecule has 0 aromatic heterocycles. The first kappa shape index (κ1) is 21.1. The number of para-hydroxylation sites is 4. The summed E-state index contributed by atoms with van der Waals surface area (Å²) in [6, 6.07) is 23.6. The summed E-state index contributed by atoms with van der Waals surface area (Å²) in [6.07, 6.45) is 0.589. The minimum Gasteiger partial charge on any atom is -0.455 e. The number of rotatable bonds is 6. The molecule has 1 N–H and O–H groups in total. The lowest BCUT2D eigenvalue weighted by Crippen LogP contribution is -2.48. The summed E-state index contributed by atoms with van der Waals surface area (Å²) in [6.45, 7) is -0.473. The Hall–Kier alpha value is -3.78. The number of thioether (sulfide) groups is 1. The van der Waals surface area contributed by atoms with Gasteiger partial charge < -0.3 is 14.8 Å². The van der Waals surface area contributed by atoms with Gasteiger partial charge in [-0.2, -0.15) is 0 Å². The Labute approximate surface area is 194 Å². The Morgan fingerprint density at radius 2 is 1.70 bits per heavy atom. The van der Waals surface area contributed by atoms with E-state index < -0.39 is 23.4 Å². The molecule has 0 unspecified atom stereocenters. The SMILES string of the molecule is O=C(COC(=O)[C@@]12CCC(=O)N1c1ccccc1S2)Nc1ccccc1Oc1ccccc1. The normalized spacial score (nSPS) is 18.4. The van der Waals surface area contributed by atoms with Gasteiger partial charge in [-0.05, 0) is 36.4 Å². The van der Waals surface area contributed by atoms with E-state index in [9.17, 15) is 14.4 Å². The lowest BCUT2D eigenvalue weighted by molar-refractivity contribution is -0.149. The molecule has 166 valence electrons. The second-order valence-electron chi connectivity index (χ2n) is 7.62. The van der Waals surface area contributed by atoms with Crippen molar-refractivity contribution in [2.75, 3.05) is 16.8 Å². The first-order valence-corrected chi connectivity index (χ1v) is 11.3. The zero-order chi connectivity index (χ0) is 22.8. The van der Waals surface area contributed by atoms with E-state index in [0.29, 0.717) is 29.3 Å². The van der Waals surface area contributed by atoms with Crippen LogP contribution in [0.15, 0.2) is 83.8 Å². The molecule has 0 bridgehead atoms. The average Bonchev–Trinajstić information content (AvgIpc) is 3.35. The van der Waals surface area contributed by atoms with Crippen LogP contribution < -0.4 is 15.0 Å². The number of anilines is 2. The van der Waals surface area contributed by atoms with Crippen LogP contribution in [0, 0.1) is 0 Å². The summed E-state index contributed by atoms with van der Waals surface area (Å²) in [5.74, 6) is -0.121. The van der Waals surface area contributed by atoms with E-state index in [0.717, 1.165) is 4.90 Å². The fraction of sp³-hybridized carbons (Fsp3) is 0.160. The van der Waals surface area contributed by atoms with Crippen LogP contribution in [0.25, 0.3) is 0 Å².